The molecule has 0 amide bonds. The van der Waals surface area contributed by atoms with Crippen LogP contribution in [-0.2, 0) is 3.79 Å². The molecule has 0 aliphatic rings. The highest BCUT2D eigenvalue weighted by Crippen LogP contribution is 2.36. The molecule has 0 N–H and O–H groups in total. The summed E-state index contributed by atoms with van der Waals surface area (Å²) in [5, 5.41) is 0.522. The molecule has 2 aromatic rings. The molecule has 0 saturated heterocycles. The van der Waals surface area contributed by atoms with Gasteiger partial charge in [0.05, 0.1) is 5.02 Å². The van der Waals surface area contributed by atoms with Crippen LogP contribution in [0.5, 0.6) is 0 Å². The number of nitrogens with zero attached hydrogens (tertiary/aromatic N) is 3. The summed E-state index contributed by atoms with van der Waals surface area (Å²) in [4.78, 5) is 11.9. The maximum atomic E-state index is 6.03. The number of aromatic nitrogens is 3. The molecular formula is C10H5Cl4N3. The first-order valence-corrected chi connectivity index (χ1v) is 6.01. The number of halogens is 4. The number of hydrogen-bond acceptors (Lipinski definition) is 3. The van der Waals surface area contributed by atoms with Gasteiger partial charge in [0.15, 0.2) is 11.6 Å². The molecule has 0 radical (unpaired) electrons. The van der Waals surface area contributed by atoms with Gasteiger partial charge in [-0.15, -0.1) is 0 Å². The molecule has 88 valence electrons. The molecule has 17 heavy (non-hydrogen) atoms. The Kier molecular flexibility index (Phi) is 3.73. The van der Waals surface area contributed by atoms with E-state index in [1.54, 1.807) is 12.1 Å². The van der Waals surface area contributed by atoms with Crippen LogP contribution in [0.25, 0.3) is 11.4 Å². The third-order valence-corrected chi connectivity index (χ3v) is 2.78. The van der Waals surface area contributed by atoms with Gasteiger partial charge in [-0.3, -0.25) is 0 Å². The lowest BCUT2D eigenvalue weighted by atomic mass is 10.2. The van der Waals surface area contributed by atoms with E-state index in [1.165, 1.54) is 6.33 Å². The highest BCUT2D eigenvalue weighted by Gasteiger charge is 2.27. The minimum atomic E-state index is -1.68. The molecule has 1 heterocycles. The van der Waals surface area contributed by atoms with Gasteiger partial charge in [0.2, 0.25) is 3.79 Å². The van der Waals surface area contributed by atoms with Gasteiger partial charge in [-0.2, -0.15) is 0 Å². The van der Waals surface area contributed by atoms with Crippen LogP contribution in [0.3, 0.4) is 0 Å². The predicted octanol–water partition coefficient (Wildman–Crippen LogP) is 4.02. The zero-order valence-electron chi connectivity index (χ0n) is 8.24. The summed E-state index contributed by atoms with van der Waals surface area (Å²) in [5.74, 6) is 0.430. The van der Waals surface area contributed by atoms with Crippen LogP contribution in [0, 0.1) is 0 Å². The van der Waals surface area contributed by atoms with Crippen molar-refractivity contribution in [2.75, 3.05) is 0 Å². The fourth-order valence-corrected chi connectivity index (χ4v) is 1.70. The Morgan fingerprint density at radius 1 is 1.00 bits per heavy atom. The Morgan fingerprint density at radius 3 is 2.35 bits per heavy atom. The van der Waals surface area contributed by atoms with E-state index >= 15 is 0 Å². The lowest BCUT2D eigenvalue weighted by Crippen LogP contribution is -2.08. The van der Waals surface area contributed by atoms with Crippen molar-refractivity contribution in [3.63, 3.8) is 0 Å². The summed E-state index contributed by atoms with van der Waals surface area (Å²) in [6, 6.07) is 7.14. The number of rotatable bonds is 1. The van der Waals surface area contributed by atoms with E-state index in [2.05, 4.69) is 15.0 Å². The third-order valence-electron chi connectivity index (χ3n) is 1.94. The predicted molar refractivity (Wildman–Crippen MR) is 69.5 cm³/mol. The largest absolute Gasteiger partial charge is 0.250 e. The molecule has 0 saturated carbocycles. The molecule has 0 fully saturated rings. The van der Waals surface area contributed by atoms with Crippen molar-refractivity contribution in [2.45, 2.75) is 3.79 Å². The first kappa shape index (κ1) is 12.8. The molecule has 0 bridgehead atoms. The molecule has 0 aliphatic carbocycles. The second-order valence-corrected chi connectivity index (χ2v) is 5.80. The Balaban J connectivity index is 2.51. The summed E-state index contributed by atoms with van der Waals surface area (Å²) in [6.07, 6.45) is 1.28. The fourth-order valence-electron chi connectivity index (χ4n) is 1.21. The Bertz CT molecular complexity index is 539. The lowest BCUT2D eigenvalue weighted by Gasteiger charge is -2.09. The third kappa shape index (κ3) is 2.99. The average molecular weight is 309 g/mol. The highest BCUT2D eigenvalue weighted by atomic mass is 35.6. The average Bonchev–Trinajstić information content (AvgIpc) is 2.29. The van der Waals surface area contributed by atoms with Crippen molar-refractivity contribution >= 4 is 46.4 Å². The Hall–Kier alpha value is -0.610. The van der Waals surface area contributed by atoms with Crippen LogP contribution >= 0.6 is 46.4 Å². The molecule has 2 rings (SSSR count). The van der Waals surface area contributed by atoms with Gasteiger partial charge in [-0.25, -0.2) is 15.0 Å². The minimum absolute atomic E-state index is 0.0624. The van der Waals surface area contributed by atoms with Crippen molar-refractivity contribution in [3.8, 4) is 11.4 Å². The van der Waals surface area contributed by atoms with Crippen molar-refractivity contribution < 1.29 is 0 Å². The molecular weight excluding hydrogens is 304 g/mol. The van der Waals surface area contributed by atoms with E-state index in [4.69, 9.17) is 46.4 Å². The van der Waals surface area contributed by atoms with E-state index in [9.17, 15) is 0 Å². The van der Waals surface area contributed by atoms with Crippen LogP contribution in [0.15, 0.2) is 30.6 Å². The highest BCUT2D eigenvalue weighted by molar-refractivity contribution is 6.66. The second kappa shape index (κ2) is 4.94. The van der Waals surface area contributed by atoms with E-state index in [-0.39, 0.29) is 5.82 Å². The molecule has 0 unspecified atom stereocenters. The molecule has 3 nitrogen and oxygen atoms in total. The van der Waals surface area contributed by atoms with Crippen molar-refractivity contribution in [2.24, 2.45) is 0 Å². The number of benzene rings is 1. The fraction of sp³-hybridized carbons (Fsp3) is 0.100. The smallest absolute Gasteiger partial charge is 0.217 e. The Labute approximate surface area is 118 Å². The first-order chi connectivity index (χ1) is 7.98. The first-order valence-electron chi connectivity index (χ1n) is 4.49. The standard InChI is InChI=1S/C10H5Cl4N3/c11-7-4-2-1-3-6(7)8-15-5-16-9(17-8)10(12,13)14/h1-5H. The topological polar surface area (TPSA) is 38.7 Å². The van der Waals surface area contributed by atoms with Crippen LogP contribution in [0.1, 0.15) is 5.82 Å². The van der Waals surface area contributed by atoms with Crippen LogP contribution in [0.4, 0.5) is 0 Å². The maximum absolute atomic E-state index is 6.03. The van der Waals surface area contributed by atoms with E-state index in [1.807, 2.05) is 12.1 Å². The van der Waals surface area contributed by atoms with Gasteiger partial charge in [-0.05, 0) is 12.1 Å². The number of hydrogen-bond donors (Lipinski definition) is 0. The van der Waals surface area contributed by atoms with Crippen molar-refractivity contribution in [3.05, 3.63) is 41.4 Å². The molecule has 0 spiro atoms. The van der Waals surface area contributed by atoms with Crippen LogP contribution in [0.2, 0.25) is 5.02 Å². The van der Waals surface area contributed by atoms with Gasteiger partial charge < -0.3 is 0 Å². The molecule has 0 atom stereocenters. The van der Waals surface area contributed by atoms with Gasteiger partial charge in [0, 0.05) is 5.56 Å². The van der Waals surface area contributed by atoms with Crippen molar-refractivity contribution in [1.29, 1.82) is 0 Å². The molecule has 1 aromatic heterocycles. The summed E-state index contributed by atoms with van der Waals surface area (Å²) < 4.78 is -1.68. The summed E-state index contributed by atoms with van der Waals surface area (Å²) in [5.41, 5.74) is 0.659. The van der Waals surface area contributed by atoms with E-state index in [0.717, 1.165) is 0 Å². The summed E-state index contributed by atoms with van der Waals surface area (Å²) in [7, 11) is 0. The van der Waals surface area contributed by atoms with E-state index < -0.39 is 3.79 Å². The summed E-state index contributed by atoms with van der Waals surface area (Å²) >= 11 is 23.1. The van der Waals surface area contributed by atoms with Gasteiger partial charge in [0.1, 0.15) is 6.33 Å². The maximum Gasteiger partial charge on any atom is 0.250 e. The molecule has 7 heteroatoms. The van der Waals surface area contributed by atoms with Crippen LogP contribution < -0.4 is 0 Å². The Morgan fingerprint density at radius 2 is 1.71 bits per heavy atom. The quantitative estimate of drug-likeness (QED) is 0.747. The zero-order chi connectivity index (χ0) is 12.5. The monoisotopic (exact) mass is 307 g/mol. The minimum Gasteiger partial charge on any atom is -0.217 e. The van der Waals surface area contributed by atoms with Crippen molar-refractivity contribution in [1.82, 2.24) is 15.0 Å². The van der Waals surface area contributed by atoms with E-state index in [0.29, 0.717) is 16.4 Å². The summed E-state index contributed by atoms with van der Waals surface area (Å²) in [6.45, 7) is 0. The second-order valence-electron chi connectivity index (χ2n) is 3.11. The zero-order valence-corrected chi connectivity index (χ0v) is 11.3. The lowest BCUT2D eigenvalue weighted by molar-refractivity contribution is 0.924. The van der Waals surface area contributed by atoms with Gasteiger partial charge >= 0.3 is 0 Å². The number of alkyl halides is 3. The normalized spacial score (nSPS) is 11.5. The SMILES string of the molecule is Clc1ccccc1-c1ncnc(C(Cl)(Cl)Cl)n1. The molecule has 1 aromatic carbocycles. The van der Waals surface area contributed by atoms with Gasteiger partial charge in [-0.1, -0.05) is 58.5 Å². The van der Waals surface area contributed by atoms with Gasteiger partial charge in [0.25, 0.3) is 0 Å². The van der Waals surface area contributed by atoms with Crippen LogP contribution in [-0.4, -0.2) is 15.0 Å². The molecule has 0 aliphatic heterocycles.